The predicted molar refractivity (Wildman–Crippen MR) is 95.3 cm³/mol. The zero-order valence-electron chi connectivity index (χ0n) is 13.7. The minimum atomic E-state index is 0.0281. The van der Waals surface area contributed by atoms with E-state index in [1.807, 2.05) is 36.5 Å². The average molecular weight is 329 g/mol. The molecule has 4 nitrogen and oxygen atoms in total. The van der Waals surface area contributed by atoms with Gasteiger partial charge in [0.15, 0.2) is 5.13 Å². The van der Waals surface area contributed by atoms with Crippen molar-refractivity contribution < 1.29 is 4.79 Å². The Morgan fingerprint density at radius 2 is 1.96 bits per heavy atom. The largest absolute Gasteiger partial charge is 0.349 e. The minimum absolute atomic E-state index is 0.0281. The maximum absolute atomic E-state index is 12.2. The van der Waals surface area contributed by atoms with Crippen molar-refractivity contribution in [3.63, 3.8) is 0 Å². The number of nitrogens with zero attached hydrogens (tertiary/aromatic N) is 2. The van der Waals surface area contributed by atoms with Gasteiger partial charge in [0.2, 0.25) is 0 Å². The number of hydrogen-bond acceptors (Lipinski definition) is 4. The Balaban J connectivity index is 1.53. The Hall–Kier alpha value is -1.88. The van der Waals surface area contributed by atoms with E-state index in [0.29, 0.717) is 5.92 Å². The smallest absolute Gasteiger partial charge is 0.251 e. The number of thiazole rings is 1. The van der Waals surface area contributed by atoms with Gasteiger partial charge in [-0.25, -0.2) is 4.98 Å². The maximum atomic E-state index is 12.2. The van der Waals surface area contributed by atoms with E-state index in [0.717, 1.165) is 36.6 Å². The molecule has 23 heavy (non-hydrogen) atoms. The van der Waals surface area contributed by atoms with Crippen LogP contribution in [-0.2, 0) is 0 Å². The van der Waals surface area contributed by atoms with Crippen molar-refractivity contribution in [1.82, 2.24) is 10.3 Å². The quantitative estimate of drug-likeness (QED) is 0.931. The van der Waals surface area contributed by atoms with Crippen LogP contribution in [-0.4, -0.2) is 30.0 Å². The van der Waals surface area contributed by atoms with Crippen LogP contribution in [0.25, 0.3) is 0 Å². The summed E-state index contributed by atoms with van der Waals surface area (Å²) in [5.41, 5.74) is 0.733. The third-order valence-electron chi connectivity index (χ3n) is 4.22. The molecule has 1 saturated heterocycles. The van der Waals surface area contributed by atoms with Crippen molar-refractivity contribution in [2.75, 3.05) is 18.0 Å². The molecule has 0 radical (unpaired) electrons. The SMILES string of the molecule is CC(C)c1cnc(N2CCC(NC(=O)c3ccccc3)CC2)s1. The van der Waals surface area contributed by atoms with Gasteiger partial charge >= 0.3 is 0 Å². The second-order valence-corrected chi connectivity index (χ2v) is 7.34. The predicted octanol–water partition coefficient (Wildman–Crippen LogP) is 3.67. The van der Waals surface area contributed by atoms with Gasteiger partial charge in [-0.3, -0.25) is 4.79 Å². The highest BCUT2D eigenvalue weighted by molar-refractivity contribution is 7.15. The standard InChI is InChI=1S/C18H23N3OS/c1-13(2)16-12-19-18(23-16)21-10-8-15(9-11-21)20-17(22)14-6-4-3-5-7-14/h3-7,12-13,15H,8-11H2,1-2H3,(H,20,22). The molecule has 1 aliphatic rings. The summed E-state index contributed by atoms with van der Waals surface area (Å²) in [5, 5.41) is 4.26. The van der Waals surface area contributed by atoms with E-state index in [9.17, 15) is 4.79 Å². The number of rotatable bonds is 4. The van der Waals surface area contributed by atoms with Crippen molar-refractivity contribution in [3.05, 3.63) is 47.0 Å². The van der Waals surface area contributed by atoms with Crippen molar-refractivity contribution in [2.24, 2.45) is 0 Å². The zero-order chi connectivity index (χ0) is 16.2. The molecular weight excluding hydrogens is 306 g/mol. The third kappa shape index (κ3) is 3.91. The fourth-order valence-electron chi connectivity index (χ4n) is 2.76. The number of piperidine rings is 1. The number of aromatic nitrogens is 1. The molecule has 2 heterocycles. The van der Waals surface area contributed by atoms with Crippen LogP contribution < -0.4 is 10.2 Å². The van der Waals surface area contributed by atoms with E-state index < -0.39 is 0 Å². The van der Waals surface area contributed by atoms with Gasteiger partial charge < -0.3 is 10.2 Å². The molecule has 0 spiro atoms. The number of amides is 1. The number of carbonyl (C=O) groups is 1. The Bertz CT molecular complexity index is 645. The molecule has 0 saturated carbocycles. The van der Waals surface area contributed by atoms with Gasteiger partial charge in [0, 0.05) is 35.8 Å². The fraction of sp³-hybridized carbons (Fsp3) is 0.444. The van der Waals surface area contributed by atoms with Gasteiger partial charge in [-0.15, -0.1) is 11.3 Å². The molecular formula is C18H23N3OS. The first-order chi connectivity index (χ1) is 11.1. The molecule has 1 amide bonds. The van der Waals surface area contributed by atoms with Crippen LogP contribution in [0.1, 0.15) is 47.8 Å². The van der Waals surface area contributed by atoms with Gasteiger partial charge in [-0.2, -0.15) is 0 Å². The summed E-state index contributed by atoms with van der Waals surface area (Å²) in [6.07, 6.45) is 3.93. The fourth-order valence-corrected chi connectivity index (χ4v) is 3.73. The number of carbonyl (C=O) groups excluding carboxylic acids is 1. The molecule has 3 rings (SSSR count). The normalized spacial score (nSPS) is 15.9. The van der Waals surface area contributed by atoms with E-state index in [1.54, 1.807) is 11.3 Å². The summed E-state index contributed by atoms with van der Waals surface area (Å²) in [5.74, 6) is 0.560. The topological polar surface area (TPSA) is 45.2 Å². The zero-order valence-corrected chi connectivity index (χ0v) is 14.5. The van der Waals surface area contributed by atoms with Crippen LogP contribution in [0.4, 0.5) is 5.13 Å². The lowest BCUT2D eigenvalue weighted by molar-refractivity contribution is 0.0931. The van der Waals surface area contributed by atoms with Gasteiger partial charge in [0.05, 0.1) is 0 Å². The van der Waals surface area contributed by atoms with E-state index in [4.69, 9.17) is 0 Å². The third-order valence-corrected chi connectivity index (χ3v) is 5.58. The van der Waals surface area contributed by atoms with E-state index in [1.165, 1.54) is 4.88 Å². The van der Waals surface area contributed by atoms with Crippen LogP contribution in [0.2, 0.25) is 0 Å². The summed E-state index contributed by atoms with van der Waals surface area (Å²) in [6, 6.07) is 9.68. The average Bonchev–Trinajstić information content (AvgIpc) is 3.07. The second kappa shape index (κ2) is 7.13. The van der Waals surface area contributed by atoms with E-state index in [2.05, 4.69) is 29.0 Å². The molecule has 5 heteroatoms. The molecule has 0 bridgehead atoms. The number of benzene rings is 1. The van der Waals surface area contributed by atoms with Crippen LogP contribution >= 0.6 is 11.3 Å². The Morgan fingerprint density at radius 1 is 1.26 bits per heavy atom. The van der Waals surface area contributed by atoms with Gasteiger partial charge in [-0.1, -0.05) is 32.0 Å². The van der Waals surface area contributed by atoms with Crippen molar-refractivity contribution >= 4 is 22.4 Å². The Kier molecular flexibility index (Phi) is 4.96. The highest BCUT2D eigenvalue weighted by Crippen LogP contribution is 2.29. The molecule has 2 aromatic rings. The summed E-state index contributed by atoms with van der Waals surface area (Å²) >= 11 is 1.79. The highest BCUT2D eigenvalue weighted by atomic mass is 32.1. The molecule has 1 N–H and O–H groups in total. The van der Waals surface area contributed by atoms with Crippen molar-refractivity contribution in [1.29, 1.82) is 0 Å². The summed E-state index contributed by atoms with van der Waals surface area (Å²) in [7, 11) is 0. The molecule has 122 valence electrons. The second-order valence-electron chi connectivity index (χ2n) is 6.30. The van der Waals surface area contributed by atoms with Crippen LogP contribution in [0, 0.1) is 0 Å². The molecule has 1 aromatic carbocycles. The summed E-state index contributed by atoms with van der Waals surface area (Å²) in [4.78, 5) is 20.4. The van der Waals surface area contributed by atoms with Gasteiger partial charge in [-0.05, 0) is 30.9 Å². The molecule has 0 unspecified atom stereocenters. The lowest BCUT2D eigenvalue weighted by atomic mass is 10.0. The number of hydrogen-bond donors (Lipinski definition) is 1. The number of nitrogens with one attached hydrogen (secondary N) is 1. The first kappa shape index (κ1) is 16.0. The van der Waals surface area contributed by atoms with Crippen LogP contribution in [0.3, 0.4) is 0 Å². The first-order valence-electron chi connectivity index (χ1n) is 8.20. The van der Waals surface area contributed by atoms with Crippen molar-refractivity contribution in [2.45, 2.75) is 38.6 Å². The highest BCUT2D eigenvalue weighted by Gasteiger charge is 2.23. The molecule has 0 aliphatic carbocycles. The Morgan fingerprint density at radius 3 is 2.57 bits per heavy atom. The molecule has 1 aromatic heterocycles. The van der Waals surface area contributed by atoms with Gasteiger partial charge in [0.1, 0.15) is 0 Å². The minimum Gasteiger partial charge on any atom is -0.349 e. The Labute approximate surface area is 141 Å². The summed E-state index contributed by atoms with van der Waals surface area (Å²) in [6.45, 7) is 6.29. The summed E-state index contributed by atoms with van der Waals surface area (Å²) < 4.78 is 0. The molecule has 1 fully saturated rings. The maximum Gasteiger partial charge on any atom is 0.251 e. The molecule has 1 aliphatic heterocycles. The van der Waals surface area contributed by atoms with Gasteiger partial charge in [0.25, 0.3) is 5.91 Å². The van der Waals surface area contributed by atoms with E-state index in [-0.39, 0.29) is 11.9 Å². The van der Waals surface area contributed by atoms with Crippen molar-refractivity contribution in [3.8, 4) is 0 Å². The van der Waals surface area contributed by atoms with Crippen LogP contribution in [0.5, 0.6) is 0 Å². The monoisotopic (exact) mass is 329 g/mol. The van der Waals surface area contributed by atoms with E-state index >= 15 is 0 Å². The lowest BCUT2D eigenvalue weighted by Gasteiger charge is -2.32. The molecule has 0 atom stereocenters. The van der Waals surface area contributed by atoms with Crippen LogP contribution in [0.15, 0.2) is 36.5 Å². The first-order valence-corrected chi connectivity index (χ1v) is 9.01. The lowest BCUT2D eigenvalue weighted by Crippen LogP contribution is -2.44. The number of anilines is 1.